The van der Waals surface area contributed by atoms with E-state index in [1.807, 2.05) is 32.0 Å². The Bertz CT molecular complexity index is 1270. The van der Waals surface area contributed by atoms with Gasteiger partial charge >= 0.3 is 5.97 Å². The minimum absolute atomic E-state index is 0.0366. The number of carboxylic acids is 1. The van der Waals surface area contributed by atoms with Gasteiger partial charge in [-0.1, -0.05) is 38.1 Å². The highest BCUT2D eigenvalue weighted by Crippen LogP contribution is 2.34. The molecule has 1 atom stereocenters. The number of aromatic carboxylic acids is 1. The number of hydrogen-bond acceptors (Lipinski definition) is 6. The number of ether oxygens (including phenoxy) is 2. The van der Waals surface area contributed by atoms with Gasteiger partial charge in [0.25, 0.3) is 5.56 Å². The summed E-state index contributed by atoms with van der Waals surface area (Å²) in [6.07, 6.45) is 0.792. The minimum atomic E-state index is -1.27. The Morgan fingerprint density at radius 2 is 1.79 bits per heavy atom. The molecule has 1 aliphatic heterocycles. The molecule has 0 saturated heterocycles. The van der Waals surface area contributed by atoms with Crippen molar-refractivity contribution in [2.45, 2.75) is 32.9 Å². The van der Waals surface area contributed by atoms with E-state index in [2.05, 4.69) is 10.4 Å². The van der Waals surface area contributed by atoms with Crippen LogP contribution in [-0.4, -0.2) is 40.0 Å². The second-order valence-electron chi connectivity index (χ2n) is 8.21. The molecular weight excluding hydrogens is 426 g/mol. The van der Waals surface area contributed by atoms with Crippen LogP contribution in [0.3, 0.4) is 0 Å². The van der Waals surface area contributed by atoms with Gasteiger partial charge < -0.3 is 19.9 Å². The van der Waals surface area contributed by atoms with Gasteiger partial charge in [0.05, 0.1) is 24.6 Å². The first-order valence-corrected chi connectivity index (χ1v) is 10.8. The number of hydrogen-bond donors (Lipinski definition) is 2. The smallest absolute Gasteiger partial charge is 0.357 e. The second kappa shape index (κ2) is 9.32. The third kappa shape index (κ3) is 4.67. The zero-order valence-corrected chi connectivity index (χ0v) is 18.4. The Kier molecular flexibility index (Phi) is 6.30. The van der Waals surface area contributed by atoms with Crippen LogP contribution in [0.4, 0.5) is 0 Å². The predicted molar refractivity (Wildman–Crippen MR) is 121 cm³/mol. The summed E-state index contributed by atoms with van der Waals surface area (Å²) in [4.78, 5) is 37.4. The van der Waals surface area contributed by atoms with Crippen LogP contribution in [-0.2, 0) is 11.3 Å². The Morgan fingerprint density at radius 3 is 2.48 bits per heavy atom. The van der Waals surface area contributed by atoms with Crippen LogP contribution in [0.25, 0.3) is 10.8 Å². The second-order valence-corrected chi connectivity index (χ2v) is 8.21. The van der Waals surface area contributed by atoms with Crippen molar-refractivity contribution in [3.8, 4) is 11.5 Å². The van der Waals surface area contributed by atoms with Crippen molar-refractivity contribution < 1.29 is 24.2 Å². The average molecular weight is 451 g/mol. The van der Waals surface area contributed by atoms with Crippen LogP contribution in [0, 0.1) is 5.92 Å². The molecule has 0 fully saturated rings. The van der Waals surface area contributed by atoms with Crippen LogP contribution in [0.2, 0.25) is 0 Å². The zero-order chi connectivity index (χ0) is 23.5. The van der Waals surface area contributed by atoms with Gasteiger partial charge in [-0.05, 0) is 29.7 Å². The Balaban J connectivity index is 1.60. The lowest BCUT2D eigenvalue weighted by molar-refractivity contribution is -0.123. The van der Waals surface area contributed by atoms with Crippen molar-refractivity contribution in [3.05, 3.63) is 64.1 Å². The quantitative estimate of drug-likeness (QED) is 0.591. The van der Waals surface area contributed by atoms with Gasteiger partial charge in [-0.3, -0.25) is 9.59 Å². The van der Waals surface area contributed by atoms with Crippen LogP contribution < -0.4 is 20.3 Å². The number of carbonyl (C=O) groups is 2. The third-order valence-electron chi connectivity index (χ3n) is 5.48. The van der Waals surface area contributed by atoms with E-state index in [0.717, 1.165) is 16.7 Å². The summed E-state index contributed by atoms with van der Waals surface area (Å²) in [7, 11) is 0. The van der Waals surface area contributed by atoms with E-state index in [9.17, 15) is 19.5 Å². The topological polar surface area (TPSA) is 120 Å². The molecule has 2 heterocycles. The molecule has 0 radical (unpaired) electrons. The standard InChI is InChI=1S/C24H25N3O6/c1-14(2)21(15-8-9-18-19(12-15)33-11-5-10-32-18)25-20(28)13-27-23(29)17-7-4-3-6-16(17)22(26-27)24(30)31/h3-4,6-9,12,14,21H,5,10-11,13H2,1-2H3,(H,25,28)(H,30,31). The number of nitrogens with one attached hydrogen (secondary N) is 1. The molecule has 33 heavy (non-hydrogen) atoms. The first-order chi connectivity index (χ1) is 15.8. The molecule has 1 amide bonds. The minimum Gasteiger partial charge on any atom is -0.490 e. The molecule has 1 aromatic heterocycles. The number of rotatable bonds is 6. The normalized spacial score (nSPS) is 14.0. The molecule has 0 aliphatic carbocycles. The van der Waals surface area contributed by atoms with E-state index in [1.165, 1.54) is 12.1 Å². The van der Waals surface area contributed by atoms with Crippen molar-refractivity contribution in [1.82, 2.24) is 15.1 Å². The first-order valence-electron chi connectivity index (χ1n) is 10.8. The molecule has 2 aromatic carbocycles. The van der Waals surface area contributed by atoms with Crippen LogP contribution in [0.1, 0.15) is 42.4 Å². The van der Waals surface area contributed by atoms with Gasteiger partial charge in [0.15, 0.2) is 17.2 Å². The molecule has 172 valence electrons. The van der Waals surface area contributed by atoms with Gasteiger partial charge in [-0.25, -0.2) is 9.48 Å². The Labute approximate surface area is 189 Å². The monoisotopic (exact) mass is 451 g/mol. The molecule has 1 unspecified atom stereocenters. The highest BCUT2D eigenvalue weighted by molar-refractivity contribution is 6.01. The molecule has 0 spiro atoms. The SMILES string of the molecule is CC(C)C(NC(=O)Cn1nc(C(=O)O)c2ccccc2c1=O)c1ccc2c(c1)OCCCO2. The fourth-order valence-corrected chi connectivity index (χ4v) is 3.86. The summed E-state index contributed by atoms with van der Waals surface area (Å²) in [5.74, 6) is -0.397. The van der Waals surface area contributed by atoms with E-state index >= 15 is 0 Å². The number of amides is 1. The van der Waals surface area contributed by atoms with Gasteiger partial charge in [-0.2, -0.15) is 5.10 Å². The summed E-state index contributed by atoms with van der Waals surface area (Å²) < 4.78 is 12.3. The first kappa shape index (κ1) is 22.3. The van der Waals surface area contributed by atoms with Crippen molar-refractivity contribution in [2.75, 3.05) is 13.2 Å². The molecule has 3 aromatic rings. The van der Waals surface area contributed by atoms with E-state index in [4.69, 9.17) is 9.47 Å². The van der Waals surface area contributed by atoms with Crippen molar-refractivity contribution in [3.63, 3.8) is 0 Å². The molecule has 1 aliphatic rings. The van der Waals surface area contributed by atoms with Crippen LogP contribution >= 0.6 is 0 Å². The summed E-state index contributed by atoms with van der Waals surface area (Å²) in [5, 5.41) is 16.8. The maximum Gasteiger partial charge on any atom is 0.357 e. The molecular formula is C24H25N3O6. The van der Waals surface area contributed by atoms with Crippen LogP contribution in [0.15, 0.2) is 47.3 Å². The summed E-state index contributed by atoms with van der Waals surface area (Å²) in [6.45, 7) is 4.67. The Morgan fingerprint density at radius 1 is 1.09 bits per heavy atom. The molecule has 9 nitrogen and oxygen atoms in total. The van der Waals surface area contributed by atoms with Gasteiger partial charge in [0.1, 0.15) is 6.54 Å². The molecule has 2 N–H and O–H groups in total. The zero-order valence-electron chi connectivity index (χ0n) is 18.4. The summed E-state index contributed by atoms with van der Waals surface area (Å²) in [5.41, 5.74) is 0.0383. The third-order valence-corrected chi connectivity index (χ3v) is 5.48. The van der Waals surface area contributed by atoms with E-state index < -0.39 is 24.0 Å². The van der Waals surface area contributed by atoms with Crippen LogP contribution in [0.5, 0.6) is 11.5 Å². The number of aromatic nitrogens is 2. The predicted octanol–water partition coefficient (Wildman–Crippen LogP) is 2.77. The largest absolute Gasteiger partial charge is 0.490 e. The molecule has 0 saturated carbocycles. The maximum atomic E-state index is 12.9. The average Bonchev–Trinajstić information content (AvgIpc) is 3.04. The molecule has 4 rings (SSSR count). The van der Waals surface area contributed by atoms with Crippen molar-refractivity contribution >= 4 is 22.6 Å². The van der Waals surface area contributed by atoms with E-state index in [1.54, 1.807) is 12.1 Å². The number of carbonyl (C=O) groups excluding carboxylic acids is 1. The van der Waals surface area contributed by atoms with Gasteiger partial charge in [0.2, 0.25) is 5.91 Å². The number of fused-ring (bicyclic) bond motifs is 2. The Hall–Kier alpha value is -3.88. The van der Waals surface area contributed by atoms with Crippen molar-refractivity contribution in [2.24, 2.45) is 5.92 Å². The van der Waals surface area contributed by atoms with Gasteiger partial charge in [-0.15, -0.1) is 0 Å². The lowest BCUT2D eigenvalue weighted by Crippen LogP contribution is -2.38. The highest BCUT2D eigenvalue weighted by atomic mass is 16.5. The lowest BCUT2D eigenvalue weighted by atomic mass is 9.95. The number of nitrogens with zero attached hydrogens (tertiary/aromatic N) is 2. The molecule has 0 bridgehead atoms. The van der Waals surface area contributed by atoms with Gasteiger partial charge in [0, 0.05) is 11.8 Å². The van der Waals surface area contributed by atoms with E-state index in [0.29, 0.717) is 24.7 Å². The lowest BCUT2D eigenvalue weighted by Gasteiger charge is -2.24. The summed E-state index contributed by atoms with van der Waals surface area (Å²) in [6, 6.07) is 11.5. The molecule has 9 heteroatoms. The van der Waals surface area contributed by atoms with Crippen molar-refractivity contribution in [1.29, 1.82) is 0 Å². The number of benzene rings is 2. The highest BCUT2D eigenvalue weighted by Gasteiger charge is 2.23. The van der Waals surface area contributed by atoms with E-state index in [-0.39, 0.29) is 28.4 Å². The fraction of sp³-hybridized carbons (Fsp3) is 0.333. The maximum absolute atomic E-state index is 12.9. The number of carboxylic acid groups (broad SMARTS) is 1. The summed E-state index contributed by atoms with van der Waals surface area (Å²) >= 11 is 0. The fourth-order valence-electron chi connectivity index (χ4n) is 3.86.